The first-order valence-corrected chi connectivity index (χ1v) is 3.90. The van der Waals surface area contributed by atoms with Crippen LogP contribution in [0.2, 0.25) is 0 Å². The Kier molecular flexibility index (Phi) is 6.56. The standard InChI is InChI=1S/2C4H10O2/c1-4(2,6)3-5;1-3-4(2,5)6/h2*5-6H,3H2,1-2H3. The highest BCUT2D eigenvalue weighted by Gasteiger charge is 2.08. The summed E-state index contributed by atoms with van der Waals surface area (Å²) < 4.78 is 0. The van der Waals surface area contributed by atoms with Gasteiger partial charge in [-0.15, -0.1) is 0 Å². The maximum Gasteiger partial charge on any atom is 0.159 e. The van der Waals surface area contributed by atoms with Gasteiger partial charge in [0.15, 0.2) is 5.79 Å². The van der Waals surface area contributed by atoms with Crippen LogP contribution in [0.1, 0.15) is 34.1 Å². The monoisotopic (exact) mass is 180 g/mol. The second-order valence-corrected chi connectivity index (χ2v) is 3.54. The summed E-state index contributed by atoms with van der Waals surface area (Å²) in [5.74, 6) is -1.46. The molecule has 0 bridgehead atoms. The normalized spacial score (nSPS) is 12.0. The average Bonchev–Trinajstić information content (AvgIpc) is 1.86. The smallest absolute Gasteiger partial charge is 0.159 e. The molecule has 0 aromatic rings. The molecule has 12 heavy (non-hydrogen) atoms. The third kappa shape index (κ3) is 22.5. The maximum absolute atomic E-state index is 8.58. The minimum absolute atomic E-state index is 0.174. The van der Waals surface area contributed by atoms with E-state index in [9.17, 15) is 0 Å². The first kappa shape index (κ1) is 14.4. The lowest BCUT2D eigenvalue weighted by atomic mass is 10.2. The summed E-state index contributed by atoms with van der Waals surface area (Å²) in [5.41, 5.74) is -0.903. The van der Waals surface area contributed by atoms with Gasteiger partial charge in [0.05, 0.1) is 12.2 Å². The van der Waals surface area contributed by atoms with Gasteiger partial charge in [0.2, 0.25) is 0 Å². The first-order chi connectivity index (χ1) is 5.12. The first-order valence-electron chi connectivity index (χ1n) is 3.90. The summed E-state index contributed by atoms with van der Waals surface area (Å²) in [4.78, 5) is 0. The Hall–Kier alpha value is -0.160. The molecule has 0 fully saturated rings. The van der Waals surface area contributed by atoms with E-state index in [1.807, 2.05) is 0 Å². The van der Waals surface area contributed by atoms with Gasteiger partial charge < -0.3 is 20.4 Å². The van der Waals surface area contributed by atoms with Crippen LogP contribution >= 0.6 is 0 Å². The number of aliphatic hydroxyl groups excluding tert-OH is 1. The molecule has 0 radical (unpaired) electrons. The largest absolute Gasteiger partial charge is 0.393 e. The van der Waals surface area contributed by atoms with Gasteiger partial charge in [-0.25, -0.2) is 0 Å². The van der Waals surface area contributed by atoms with Gasteiger partial charge in [0.1, 0.15) is 0 Å². The Balaban J connectivity index is 0. The van der Waals surface area contributed by atoms with E-state index in [-0.39, 0.29) is 6.61 Å². The van der Waals surface area contributed by atoms with Crippen LogP contribution < -0.4 is 0 Å². The zero-order chi connectivity index (χ0) is 10.4. The summed E-state index contributed by atoms with van der Waals surface area (Å²) in [6, 6.07) is 0. The lowest BCUT2D eigenvalue weighted by Crippen LogP contribution is -2.23. The van der Waals surface area contributed by atoms with Gasteiger partial charge in [-0.3, -0.25) is 0 Å². The van der Waals surface area contributed by atoms with E-state index in [1.165, 1.54) is 6.92 Å². The third-order valence-electron chi connectivity index (χ3n) is 1.06. The molecule has 76 valence electrons. The quantitative estimate of drug-likeness (QED) is 0.445. The van der Waals surface area contributed by atoms with Crippen molar-refractivity contribution in [3.63, 3.8) is 0 Å². The topological polar surface area (TPSA) is 80.9 Å². The molecule has 0 spiro atoms. The molecule has 0 aromatic heterocycles. The summed E-state index contributed by atoms with van der Waals surface area (Å²) in [6.07, 6.45) is 0.382. The van der Waals surface area contributed by atoms with Gasteiger partial charge in [-0.1, -0.05) is 6.92 Å². The summed E-state index contributed by atoms with van der Waals surface area (Å²) >= 11 is 0. The highest BCUT2D eigenvalue weighted by Crippen LogP contribution is 1.99. The van der Waals surface area contributed by atoms with Gasteiger partial charge in [-0.05, 0) is 27.2 Å². The van der Waals surface area contributed by atoms with Crippen LogP contribution in [0.3, 0.4) is 0 Å². The Morgan fingerprint density at radius 2 is 1.17 bits per heavy atom. The van der Waals surface area contributed by atoms with E-state index in [0.29, 0.717) is 6.42 Å². The van der Waals surface area contributed by atoms with Crippen molar-refractivity contribution in [1.82, 2.24) is 0 Å². The Bertz CT molecular complexity index is 84.6. The van der Waals surface area contributed by atoms with E-state index in [0.717, 1.165) is 0 Å². The highest BCUT2D eigenvalue weighted by atomic mass is 16.5. The second kappa shape index (κ2) is 5.48. The van der Waals surface area contributed by atoms with Crippen LogP contribution in [-0.2, 0) is 0 Å². The van der Waals surface area contributed by atoms with Crippen LogP contribution in [-0.4, -0.2) is 38.4 Å². The van der Waals surface area contributed by atoms with Gasteiger partial charge in [0, 0.05) is 0 Å². The fourth-order valence-corrected chi connectivity index (χ4v) is 0. The molecule has 0 saturated heterocycles. The van der Waals surface area contributed by atoms with Crippen molar-refractivity contribution >= 4 is 0 Å². The average molecular weight is 180 g/mol. The number of hydrogen-bond donors (Lipinski definition) is 4. The lowest BCUT2D eigenvalue weighted by molar-refractivity contribution is -0.145. The molecule has 0 rings (SSSR count). The van der Waals surface area contributed by atoms with Crippen molar-refractivity contribution in [2.24, 2.45) is 0 Å². The van der Waals surface area contributed by atoms with Crippen molar-refractivity contribution in [3.05, 3.63) is 0 Å². The number of hydrogen-bond acceptors (Lipinski definition) is 4. The molecule has 0 aliphatic heterocycles. The molecule has 4 nitrogen and oxygen atoms in total. The zero-order valence-corrected chi connectivity index (χ0v) is 8.20. The molecule has 0 aliphatic rings. The van der Waals surface area contributed by atoms with E-state index >= 15 is 0 Å². The molecule has 0 heterocycles. The van der Waals surface area contributed by atoms with E-state index < -0.39 is 11.4 Å². The molecular formula is C8H20O4. The van der Waals surface area contributed by atoms with Gasteiger partial charge >= 0.3 is 0 Å². The number of rotatable bonds is 2. The van der Waals surface area contributed by atoms with Crippen molar-refractivity contribution in [1.29, 1.82) is 0 Å². The Morgan fingerprint density at radius 3 is 1.17 bits per heavy atom. The molecule has 0 amide bonds. The van der Waals surface area contributed by atoms with Crippen LogP contribution in [0.4, 0.5) is 0 Å². The van der Waals surface area contributed by atoms with Crippen LogP contribution in [0, 0.1) is 0 Å². The van der Waals surface area contributed by atoms with Crippen LogP contribution in [0.5, 0.6) is 0 Å². The Labute approximate surface area is 73.5 Å². The lowest BCUT2D eigenvalue weighted by Gasteiger charge is -2.10. The molecular weight excluding hydrogens is 160 g/mol. The second-order valence-electron chi connectivity index (χ2n) is 3.54. The number of aliphatic hydroxyl groups is 4. The van der Waals surface area contributed by atoms with Crippen molar-refractivity contribution in [3.8, 4) is 0 Å². The molecule has 0 unspecified atom stereocenters. The fraction of sp³-hybridized carbons (Fsp3) is 1.00. The zero-order valence-electron chi connectivity index (χ0n) is 8.20. The SMILES string of the molecule is CC(C)(O)CO.CCC(C)(O)O. The van der Waals surface area contributed by atoms with Gasteiger partial charge in [-0.2, -0.15) is 0 Å². The predicted octanol–water partition coefficient (Wildman–Crippen LogP) is -0.153. The van der Waals surface area contributed by atoms with E-state index in [4.69, 9.17) is 20.4 Å². The summed E-state index contributed by atoms with van der Waals surface area (Å²) in [6.45, 7) is 5.99. The summed E-state index contributed by atoms with van der Waals surface area (Å²) in [5, 5.41) is 33.5. The fourth-order valence-electron chi connectivity index (χ4n) is 0. The van der Waals surface area contributed by atoms with Crippen molar-refractivity contribution in [2.45, 2.75) is 45.5 Å². The molecule has 0 aliphatic carbocycles. The van der Waals surface area contributed by atoms with Gasteiger partial charge in [0.25, 0.3) is 0 Å². The Morgan fingerprint density at radius 1 is 1.00 bits per heavy atom. The third-order valence-corrected chi connectivity index (χ3v) is 1.06. The molecule has 0 atom stereocenters. The minimum Gasteiger partial charge on any atom is -0.393 e. The highest BCUT2D eigenvalue weighted by molar-refractivity contribution is 4.59. The molecule has 4 N–H and O–H groups in total. The maximum atomic E-state index is 8.58. The molecule has 4 heteroatoms. The van der Waals surface area contributed by atoms with E-state index in [1.54, 1.807) is 20.8 Å². The van der Waals surface area contributed by atoms with E-state index in [2.05, 4.69) is 0 Å². The molecule has 0 saturated carbocycles. The molecule has 0 aromatic carbocycles. The minimum atomic E-state index is -1.46. The van der Waals surface area contributed by atoms with Crippen LogP contribution in [0.15, 0.2) is 0 Å². The van der Waals surface area contributed by atoms with Crippen molar-refractivity contribution < 1.29 is 20.4 Å². The predicted molar refractivity (Wildman–Crippen MR) is 46.5 cm³/mol. The summed E-state index contributed by atoms with van der Waals surface area (Å²) in [7, 11) is 0. The van der Waals surface area contributed by atoms with Crippen molar-refractivity contribution in [2.75, 3.05) is 6.61 Å². The van der Waals surface area contributed by atoms with Crippen LogP contribution in [0.25, 0.3) is 0 Å².